The van der Waals surface area contributed by atoms with Gasteiger partial charge in [-0.2, -0.15) is 0 Å². The van der Waals surface area contributed by atoms with Gasteiger partial charge in [0.15, 0.2) is 6.10 Å². The van der Waals surface area contributed by atoms with Gasteiger partial charge in [0.25, 0.3) is 5.89 Å². The zero-order valence-corrected chi connectivity index (χ0v) is 16.3. The Morgan fingerprint density at radius 1 is 1.10 bits per heavy atom. The van der Waals surface area contributed by atoms with E-state index in [1.165, 1.54) is 12.1 Å². The fourth-order valence-corrected chi connectivity index (χ4v) is 3.82. The molecule has 0 spiro atoms. The molecule has 2 aromatic heterocycles. The molecule has 0 radical (unpaired) electrons. The molecule has 2 aromatic carbocycles. The molecule has 30 heavy (non-hydrogen) atoms. The molecular formula is C23H18FN3O3. The average molecular weight is 403 g/mol. The standard InChI is InChI=1S/C23H18FN3O3/c1-13(21-26-27-22(30-21)14-9-11-15(24)12-10-14)29-23(28)20-16-5-2-3-7-18(16)25-19-8-4-6-17(19)20/h2-3,5,7,9-13H,4,6,8H2,1H3/t13-/m0/s1. The molecule has 0 amide bonds. The van der Waals surface area contributed by atoms with Crippen LogP contribution in [0.3, 0.4) is 0 Å². The van der Waals surface area contributed by atoms with E-state index in [4.69, 9.17) is 14.1 Å². The first-order valence-electron chi connectivity index (χ1n) is 9.81. The molecule has 4 aromatic rings. The number of pyridine rings is 1. The molecule has 0 unspecified atom stereocenters. The number of carbonyl (C=O) groups excluding carboxylic acids is 1. The van der Waals surface area contributed by atoms with Gasteiger partial charge in [0.05, 0.1) is 11.1 Å². The number of esters is 1. The number of fused-ring (bicyclic) bond motifs is 2. The summed E-state index contributed by atoms with van der Waals surface area (Å²) in [7, 11) is 0. The van der Waals surface area contributed by atoms with Crippen molar-refractivity contribution in [1.82, 2.24) is 15.2 Å². The molecule has 1 atom stereocenters. The van der Waals surface area contributed by atoms with Crippen LogP contribution < -0.4 is 0 Å². The van der Waals surface area contributed by atoms with Gasteiger partial charge < -0.3 is 9.15 Å². The number of para-hydroxylation sites is 1. The number of aryl methyl sites for hydroxylation is 1. The highest BCUT2D eigenvalue weighted by atomic mass is 19.1. The van der Waals surface area contributed by atoms with Crippen LogP contribution in [-0.2, 0) is 17.6 Å². The number of rotatable bonds is 4. The van der Waals surface area contributed by atoms with Gasteiger partial charge in [-0.05, 0) is 62.1 Å². The molecule has 2 heterocycles. The van der Waals surface area contributed by atoms with Gasteiger partial charge in [-0.1, -0.05) is 18.2 Å². The number of halogens is 1. The van der Waals surface area contributed by atoms with E-state index in [1.54, 1.807) is 19.1 Å². The molecule has 150 valence electrons. The van der Waals surface area contributed by atoms with E-state index in [2.05, 4.69) is 10.2 Å². The second-order valence-electron chi connectivity index (χ2n) is 7.28. The van der Waals surface area contributed by atoms with Gasteiger partial charge in [0.2, 0.25) is 5.89 Å². The molecule has 0 saturated heterocycles. The van der Waals surface area contributed by atoms with Crippen molar-refractivity contribution in [3.63, 3.8) is 0 Å². The molecule has 0 fully saturated rings. The minimum atomic E-state index is -0.733. The fraction of sp³-hybridized carbons (Fsp3) is 0.217. The summed E-state index contributed by atoms with van der Waals surface area (Å²) in [4.78, 5) is 17.8. The summed E-state index contributed by atoms with van der Waals surface area (Å²) in [6.45, 7) is 1.68. The van der Waals surface area contributed by atoms with Crippen molar-refractivity contribution in [2.24, 2.45) is 0 Å². The van der Waals surface area contributed by atoms with E-state index in [9.17, 15) is 9.18 Å². The summed E-state index contributed by atoms with van der Waals surface area (Å²) in [6.07, 6.45) is 1.91. The summed E-state index contributed by atoms with van der Waals surface area (Å²) in [5, 5.41) is 8.77. The summed E-state index contributed by atoms with van der Waals surface area (Å²) in [5.41, 5.74) is 3.87. The summed E-state index contributed by atoms with van der Waals surface area (Å²) in [6, 6.07) is 13.3. The third-order valence-corrected chi connectivity index (χ3v) is 5.29. The lowest BCUT2D eigenvalue weighted by atomic mass is 10.0. The van der Waals surface area contributed by atoms with Crippen molar-refractivity contribution in [3.8, 4) is 11.5 Å². The Kier molecular flexibility index (Phi) is 4.50. The zero-order valence-electron chi connectivity index (χ0n) is 16.3. The van der Waals surface area contributed by atoms with E-state index in [-0.39, 0.29) is 17.6 Å². The Labute approximate surface area is 171 Å². The molecule has 7 heteroatoms. The largest absolute Gasteiger partial charge is 0.449 e. The monoisotopic (exact) mass is 403 g/mol. The van der Waals surface area contributed by atoms with Crippen LogP contribution in [0.25, 0.3) is 22.4 Å². The van der Waals surface area contributed by atoms with Crippen LogP contribution in [0.15, 0.2) is 52.9 Å². The van der Waals surface area contributed by atoms with Crippen LogP contribution in [0.5, 0.6) is 0 Å². The second kappa shape index (κ2) is 7.33. The minimum absolute atomic E-state index is 0.178. The maximum Gasteiger partial charge on any atom is 0.339 e. The Bertz CT molecular complexity index is 1250. The molecule has 6 nitrogen and oxygen atoms in total. The number of hydrogen-bond acceptors (Lipinski definition) is 6. The van der Waals surface area contributed by atoms with Crippen LogP contribution in [0.2, 0.25) is 0 Å². The van der Waals surface area contributed by atoms with E-state index in [1.807, 2.05) is 24.3 Å². The van der Waals surface area contributed by atoms with E-state index < -0.39 is 12.1 Å². The Morgan fingerprint density at radius 2 is 1.90 bits per heavy atom. The van der Waals surface area contributed by atoms with Gasteiger partial charge in [-0.25, -0.2) is 9.18 Å². The average Bonchev–Trinajstić information content (AvgIpc) is 3.42. The van der Waals surface area contributed by atoms with E-state index in [0.29, 0.717) is 11.1 Å². The van der Waals surface area contributed by atoms with Crippen LogP contribution in [-0.4, -0.2) is 21.2 Å². The fourth-order valence-electron chi connectivity index (χ4n) is 3.82. The van der Waals surface area contributed by atoms with Gasteiger partial charge in [-0.15, -0.1) is 10.2 Å². The highest BCUT2D eigenvalue weighted by Gasteiger charge is 2.27. The third-order valence-electron chi connectivity index (χ3n) is 5.29. The summed E-state index contributed by atoms with van der Waals surface area (Å²) in [5.74, 6) is -0.362. The van der Waals surface area contributed by atoms with Gasteiger partial charge in [-0.3, -0.25) is 4.98 Å². The van der Waals surface area contributed by atoms with Gasteiger partial charge >= 0.3 is 5.97 Å². The Balaban J connectivity index is 1.43. The van der Waals surface area contributed by atoms with Crippen molar-refractivity contribution in [1.29, 1.82) is 0 Å². The molecule has 0 bridgehead atoms. The number of nitrogens with zero attached hydrogens (tertiary/aromatic N) is 3. The highest BCUT2D eigenvalue weighted by Crippen LogP contribution is 2.32. The van der Waals surface area contributed by atoms with Crippen molar-refractivity contribution in [3.05, 3.63) is 77.1 Å². The lowest BCUT2D eigenvalue weighted by Crippen LogP contribution is -2.13. The SMILES string of the molecule is C[C@H](OC(=O)c1c2c(nc3ccccc13)CCC2)c1nnc(-c2ccc(F)cc2)o1. The molecular weight excluding hydrogens is 385 g/mol. The van der Waals surface area contributed by atoms with E-state index >= 15 is 0 Å². The number of ether oxygens (including phenoxy) is 1. The smallest absolute Gasteiger partial charge is 0.339 e. The number of hydrogen-bond donors (Lipinski definition) is 0. The van der Waals surface area contributed by atoms with Gasteiger partial charge in [0.1, 0.15) is 5.82 Å². The maximum absolute atomic E-state index is 13.1. The minimum Gasteiger partial charge on any atom is -0.449 e. The Hall–Kier alpha value is -3.61. The predicted molar refractivity (Wildman–Crippen MR) is 107 cm³/mol. The van der Waals surface area contributed by atoms with Crippen molar-refractivity contribution >= 4 is 16.9 Å². The van der Waals surface area contributed by atoms with Crippen LogP contribution in [0, 0.1) is 5.82 Å². The summed E-state index contributed by atoms with van der Waals surface area (Å²) < 4.78 is 24.5. The van der Waals surface area contributed by atoms with Crippen LogP contribution >= 0.6 is 0 Å². The molecule has 1 aliphatic carbocycles. The normalized spacial score (nSPS) is 13.9. The number of benzene rings is 2. The first-order chi connectivity index (χ1) is 14.6. The molecule has 0 N–H and O–H groups in total. The van der Waals surface area contributed by atoms with Crippen LogP contribution in [0.4, 0.5) is 4.39 Å². The predicted octanol–water partition coefficient (Wildman–Crippen LogP) is 4.83. The molecule has 0 aliphatic heterocycles. The quantitative estimate of drug-likeness (QED) is 0.454. The maximum atomic E-state index is 13.1. The molecule has 0 saturated carbocycles. The highest BCUT2D eigenvalue weighted by molar-refractivity contribution is 6.05. The lowest BCUT2D eigenvalue weighted by molar-refractivity contribution is 0.0281. The Morgan fingerprint density at radius 3 is 2.73 bits per heavy atom. The van der Waals surface area contributed by atoms with Gasteiger partial charge in [0, 0.05) is 16.6 Å². The molecule has 5 rings (SSSR count). The number of carbonyl (C=O) groups is 1. The number of aromatic nitrogens is 3. The molecule has 1 aliphatic rings. The topological polar surface area (TPSA) is 78.1 Å². The van der Waals surface area contributed by atoms with Crippen molar-refractivity contribution < 1.29 is 18.3 Å². The lowest BCUT2D eigenvalue weighted by Gasteiger charge is -2.14. The van der Waals surface area contributed by atoms with Crippen molar-refractivity contribution in [2.75, 3.05) is 0 Å². The zero-order chi connectivity index (χ0) is 20.7. The second-order valence-corrected chi connectivity index (χ2v) is 7.28. The third kappa shape index (κ3) is 3.22. The van der Waals surface area contributed by atoms with Crippen LogP contribution in [0.1, 0.15) is 47.0 Å². The first-order valence-corrected chi connectivity index (χ1v) is 9.81. The first kappa shape index (κ1) is 18.4. The van der Waals surface area contributed by atoms with Crippen molar-refractivity contribution in [2.45, 2.75) is 32.3 Å². The summed E-state index contributed by atoms with van der Waals surface area (Å²) >= 11 is 0. The van der Waals surface area contributed by atoms with E-state index in [0.717, 1.165) is 41.4 Å².